The molecule has 0 aliphatic heterocycles. The molecule has 0 bridgehead atoms. The van der Waals surface area contributed by atoms with Crippen molar-refractivity contribution >= 4 is 5.78 Å². The molecule has 0 radical (unpaired) electrons. The molecule has 4 nitrogen and oxygen atoms in total. The summed E-state index contributed by atoms with van der Waals surface area (Å²) in [5, 5.41) is 4.19. The summed E-state index contributed by atoms with van der Waals surface area (Å²) in [5.74, 6) is 1.92. The van der Waals surface area contributed by atoms with Crippen LogP contribution in [0.15, 0.2) is 6.33 Å². The molecule has 0 N–H and O–H groups in total. The zero-order chi connectivity index (χ0) is 14.6. The van der Waals surface area contributed by atoms with E-state index in [0.717, 1.165) is 12.4 Å². The van der Waals surface area contributed by atoms with Gasteiger partial charge in [-0.2, -0.15) is 5.10 Å². The van der Waals surface area contributed by atoms with E-state index in [9.17, 15) is 4.79 Å². The zero-order valence-electron chi connectivity index (χ0n) is 13.1. The first-order valence-corrected chi connectivity index (χ1v) is 7.08. The third-order valence-corrected chi connectivity index (χ3v) is 3.60. The number of carbonyl (C=O) groups excluding carboxylic acids is 1. The minimum Gasteiger partial charge on any atom is -0.299 e. The van der Waals surface area contributed by atoms with Crippen molar-refractivity contribution in [1.82, 2.24) is 14.8 Å². The summed E-state index contributed by atoms with van der Waals surface area (Å²) >= 11 is 0. The molecule has 1 rings (SSSR count). The van der Waals surface area contributed by atoms with Gasteiger partial charge in [0.1, 0.15) is 17.9 Å². The highest BCUT2D eigenvalue weighted by atomic mass is 16.1. The summed E-state index contributed by atoms with van der Waals surface area (Å²) in [6.07, 6.45) is 2.54. The minimum absolute atomic E-state index is 0.168. The normalized spacial score (nSPS) is 13.8. The van der Waals surface area contributed by atoms with Gasteiger partial charge in [-0.3, -0.25) is 4.79 Å². The predicted molar refractivity (Wildman–Crippen MR) is 76.8 cm³/mol. The van der Waals surface area contributed by atoms with Gasteiger partial charge in [0.2, 0.25) is 0 Å². The number of hydrogen-bond donors (Lipinski definition) is 0. The van der Waals surface area contributed by atoms with Gasteiger partial charge >= 0.3 is 0 Å². The molecule has 19 heavy (non-hydrogen) atoms. The number of rotatable bonds is 6. The van der Waals surface area contributed by atoms with E-state index in [1.807, 2.05) is 4.68 Å². The van der Waals surface area contributed by atoms with E-state index in [1.165, 1.54) is 6.33 Å². The van der Waals surface area contributed by atoms with Gasteiger partial charge in [0.05, 0.1) is 6.42 Å². The topological polar surface area (TPSA) is 47.8 Å². The highest BCUT2D eigenvalue weighted by Gasteiger charge is 2.23. The van der Waals surface area contributed by atoms with E-state index in [1.54, 1.807) is 0 Å². The van der Waals surface area contributed by atoms with Crippen molar-refractivity contribution in [1.29, 1.82) is 0 Å². The maximum atomic E-state index is 12.1. The van der Waals surface area contributed by atoms with Crippen LogP contribution in [-0.4, -0.2) is 20.5 Å². The van der Waals surface area contributed by atoms with Crippen molar-refractivity contribution in [2.75, 3.05) is 0 Å². The molecule has 0 aliphatic carbocycles. The first-order chi connectivity index (χ1) is 8.70. The summed E-state index contributed by atoms with van der Waals surface area (Å²) in [4.78, 5) is 16.3. The average Bonchev–Trinajstić information content (AvgIpc) is 2.63. The van der Waals surface area contributed by atoms with Crippen LogP contribution in [0, 0.1) is 17.3 Å². The van der Waals surface area contributed by atoms with E-state index in [0.29, 0.717) is 24.7 Å². The van der Waals surface area contributed by atoms with Gasteiger partial charge in [0.25, 0.3) is 0 Å². The Morgan fingerprint density at radius 2 is 1.95 bits per heavy atom. The summed E-state index contributed by atoms with van der Waals surface area (Å²) in [7, 11) is 0. The summed E-state index contributed by atoms with van der Waals surface area (Å²) in [5.41, 5.74) is 0.168. The van der Waals surface area contributed by atoms with Crippen molar-refractivity contribution in [2.24, 2.45) is 17.3 Å². The molecule has 1 unspecified atom stereocenters. The Morgan fingerprint density at radius 3 is 2.47 bits per heavy atom. The van der Waals surface area contributed by atoms with Crippen LogP contribution in [-0.2, 0) is 17.8 Å². The Balaban J connectivity index is 2.60. The van der Waals surface area contributed by atoms with Crippen molar-refractivity contribution in [2.45, 2.75) is 60.9 Å². The first-order valence-electron chi connectivity index (χ1n) is 7.08. The highest BCUT2D eigenvalue weighted by molar-refractivity contribution is 5.80. The summed E-state index contributed by atoms with van der Waals surface area (Å²) < 4.78 is 1.85. The lowest BCUT2D eigenvalue weighted by molar-refractivity contribution is -0.120. The summed E-state index contributed by atoms with van der Waals surface area (Å²) in [6, 6.07) is 0. The van der Waals surface area contributed by atoms with E-state index in [4.69, 9.17) is 0 Å². The average molecular weight is 265 g/mol. The number of aromatic nitrogens is 3. The monoisotopic (exact) mass is 265 g/mol. The Hall–Kier alpha value is -1.19. The van der Waals surface area contributed by atoms with Gasteiger partial charge in [-0.1, -0.05) is 41.5 Å². The van der Waals surface area contributed by atoms with Crippen LogP contribution >= 0.6 is 0 Å². The van der Waals surface area contributed by atoms with Gasteiger partial charge in [-0.15, -0.1) is 0 Å². The molecule has 0 saturated heterocycles. The van der Waals surface area contributed by atoms with Gasteiger partial charge < -0.3 is 0 Å². The van der Waals surface area contributed by atoms with E-state index in [-0.39, 0.29) is 11.2 Å². The lowest BCUT2D eigenvalue weighted by atomic mass is 9.79. The Morgan fingerprint density at radius 1 is 1.32 bits per heavy atom. The fraction of sp³-hybridized carbons (Fsp3) is 0.800. The van der Waals surface area contributed by atoms with Crippen LogP contribution in [0.4, 0.5) is 0 Å². The van der Waals surface area contributed by atoms with Crippen LogP contribution in [0.1, 0.15) is 53.8 Å². The molecule has 4 heteroatoms. The molecule has 0 amide bonds. The molecule has 1 atom stereocenters. The van der Waals surface area contributed by atoms with Crippen molar-refractivity contribution in [3.05, 3.63) is 12.2 Å². The molecule has 0 aliphatic rings. The largest absolute Gasteiger partial charge is 0.299 e. The number of nitrogens with zero attached hydrogens (tertiary/aromatic N) is 3. The lowest BCUT2D eigenvalue weighted by Crippen LogP contribution is -2.22. The van der Waals surface area contributed by atoms with Crippen molar-refractivity contribution in [3.8, 4) is 0 Å². The zero-order valence-corrected chi connectivity index (χ0v) is 13.1. The molecular weight excluding hydrogens is 238 g/mol. The number of Topliss-reactive ketones (excluding diaryl/α,β-unsaturated/α-hetero) is 1. The molecular formula is C15H27N3O. The minimum atomic E-state index is 0.168. The molecule has 0 aromatic carbocycles. The quantitative estimate of drug-likeness (QED) is 0.794. The van der Waals surface area contributed by atoms with Crippen LogP contribution in [0.3, 0.4) is 0 Å². The fourth-order valence-electron chi connectivity index (χ4n) is 1.82. The molecule has 108 valence electrons. The third-order valence-electron chi connectivity index (χ3n) is 3.60. The lowest BCUT2D eigenvalue weighted by Gasteiger charge is -2.26. The van der Waals surface area contributed by atoms with E-state index >= 15 is 0 Å². The third kappa shape index (κ3) is 5.13. The van der Waals surface area contributed by atoms with E-state index < -0.39 is 0 Å². The maximum Gasteiger partial charge on any atom is 0.140 e. The predicted octanol–water partition coefficient (Wildman–Crippen LogP) is 3.12. The van der Waals surface area contributed by atoms with Crippen molar-refractivity contribution < 1.29 is 4.79 Å². The van der Waals surface area contributed by atoms with Crippen molar-refractivity contribution in [3.63, 3.8) is 0 Å². The second-order valence-corrected chi connectivity index (χ2v) is 6.94. The smallest absolute Gasteiger partial charge is 0.140 e. The molecule has 0 saturated carbocycles. The van der Waals surface area contributed by atoms with Crippen LogP contribution in [0.5, 0.6) is 0 Å². The SMILES string of the molecule is CC(C)Cn1ncnc1CC(=O)CC(C)C(C)(C)C. The molecule has 1 heterocycles. The van der Waals surface area contributed by atoms with E-state index in [2.05, 4.69) is 51.6 Å². The van der Waals surface area contributed by atoms with Crippen LogP contribution < -0.4 is 0 Å². The molecule has 1 aromatic rings. The van der Waals surface area contributed by atoms with Crippen LogP contribution in [0.25, 0.3) is 0 Å². The number of ketones is 1. The Bertz CT molecular complexity index is 415. The highest BCUT2D eigenvalue weighted by Crippen LogP contribution is 2.28. The van der Waals surface area contributed by atoms with Gasteiger partial charge in [-0.25, -0.2) is 9.67 Å². The summed E-state index contributed by atoms with van der Waals surface area (Å²) in [6.45, 7) is 13.7. The van der Waals surface area contributed by atoms with Gasteiger partial charge in [-0.05, 0) is 17.3 Å². The molecule has 0 fully saturated rings. The standard InChI is InChI=1S/C15H27N3O/c1-11(2)9-18-14(16-10-17-18)8-13(19)7-12(3)15(4,5)6/h10-12H,7-9H2,1-6H3. The van der Waals surface area contributed by atoms with Crippen LogP contribution in [0.2, 0.25) is 0 Å². The number of carbonyl (C=O) groups is 1. The Kier molecular flexibility index (Phi) is 5.27. The first kappa shape index (κ1) is 15.9. The second kappa shape index (κ2) is 6.31. The molecule has 1 aromatic heterocycles. The second-order valence-electron chi connectivity index (χ2n) is 6.94. The molecule has 0 spiro atoms. The van der Waals surface area contributed by atoms with Gasteiger partial charge in [0, 0.05) is 13.0 Å². The van der Waals surface area contributed by atoms with Gasteiger partial charge in [0.15, 0.2) is 0 Å². The maximum absolute atomic E-state index is 12.1. The number of hydrogen-bond acceptors (Lipinski definition) is 3. The fourth-order valence-corrected chi connectivity index (χ4v) is 1.82. The Labute approximate surface area is 116 Å².